The molecule has 0 aromatic rings. The maximum Gasteiger partial charge on any atom is 0.240 e. The van der Waals surface area contributed by atoms with Crippen LogP contribution in [0.15, 0.2) is 0 Å². The van der Waals surface area contributed by atoms with Crippen LogP contribution in [0.25, 0.3) is 0 Å². The minimum atomic E-state index is -0.430. The number of carbonyl (C=O) groups excluding carboxylic acids is 1. The predicted molar refractivity (Wildman–Crippen MR) is 67.3 cm³/mol. The van der Waals surface area contributed by atoms with Crippen molar-refractivity contribution in [2.24, 2.45) is 0 Å². The van der Waals surface area contributed by atoms with Gasteiger partial charge < -0.3 is 24.8 Å². The van der Waals surface area contributed by atoms with E-state index < -0.39 is 6.10 Å². The summed E-state index contributed by atoms with van der Waals surface area (Å²) in [5.74, 6) is 0.00755. The van der Waals surface area contributed by atoms with Crippen molar-refractivity contribution < 1.29 is 19.4 Å². The molecule has 1 heterocycles. The number of rotatable bonds is 7. The molecule has 106 valence electrons. The van der Waals surface area contributed by atoms with Crippen molar-refractivity contribution in [3.8, 4) is 0 Å². The van der Waals surface area contributed by atoms with Crippen LogP contribution >= 0.6 is 0 Å². The van der Waals surface area contributed by atoms with E-state index in [0.29, 0.717) is 32.7 Å². The standard InChI is InChI=1S/C12H24N2O4/c1-9(8-18-3)14(4-5-17-2)12(16)11-6-10(15)7-13-11/h9-11,13,15H,4-8H2,1-3H3. The molecule has 1 saturated heterocycles. The Bertz CT molecular complexity index is 262. The Hall–Kier alpha value is -0.690. The summed E-state index contributed by atoms with van der Waals surface area (Å²) in [6.07, 6.45) is 0.0446. The zero-order valence-electron chi connectivity index (χ0n) is 11.4. The molecule has 0 radical (unpaired) electrons. The van der Waals surface area contributed by atoms with Gasteiger partial charge in [-0.05, 0) is 13.3 Å². The van der Waals surface area contributed by atoms with Gasteiger partial charge in [-0.15, -0.1) is 0 Å². The van der Waals surface area contributed by atoms with Gasteiger partial charge in [0.2, 0.25) is 5.91 Å². The highest BCUT2D eigenvalue weighted by Crippen LogP contribution is 2.12. The Balaban J connectivity index is 2.59. The molecule has 1 fully saturated rings. The second kappa shape index (κ2) is 7.68. The maximum absolute atomic E-state index is 12.4. The fourth-order valence-corrected chi connectivity index (χ4v) is 2.17. The van der Waals surface area contributed by atoms with Gasteiger partial charge in [-0.2, -0.15) is 0 Å². The van der Waals surface area contributed by atoms with Crippen LogP contribution < -0.4 is 5.32 Å². The van der Waals surface area contributed by atoms with Crippen molar-refractivity contribution in [2.45, 2.75) is 31.5 Å². The number of hydrogen-bond acceptors (Lipinski definition) is 5. The van der Waals surface area contributed by atoms with E-state index >= 15 is 0 Å². The third-order valence-electron chi connectivity index (χ3n) is 3.17. The third kappa shape index (κ3) is 4.20. The summed E-state index contributed by atoms with van der Waals surface area (Å²) in [4.78, 5) is 14.1. The highest BCUT2D eigenvalue weighted by molar-refractivity contribution is 5.82. The van der Waals surface area contributed by atoms with Gasteiger partial charge >= 0.3 is 0 Å². The number of nitrogens with one attached hydrogen (secondary N) is 1. The van der Waals surface area contributed by atoms with Gasteiger partial charge in [0.05, 0.1) is 31.4 Å². The number of aliphatic hydroxyl groups is 1. The first-order chi connectivity index (χ1) is 8.60. The summed E-state index contributed by atoms with van der Waals surface area (Å²) in [5.41, 5.74) is 0. The molecule has 2 N–H and O–H groups in total. The summed E-state index contributed by atoms with van der Waals surface area (Å²) in [6.45, 7) is 3.95. The SMILES string of the molecule is COCCN(C(=O)C1CC(O)CN1)C(C)COC. The average Bonchev–Trinajstić information content (AvgIpc) is 2.76. The summed E-state index contributed by atoms with van der Waals surface area (Å²) < 4.78 is 10.1. The number of β-amino-alcohol motifs (C(OH)–C–C–N with tert-alkyl or cyclic N) is 1. The van der Waals surface area contributed by atoms with Crippen LogP contribution in [0.1, 0.15) is 13.3 Å². The highest BCUT2D eigenvalue weighted by Gasteiger charge is 2.32. The molecule has 1 amide bonds. The molecule has 6 nitrogen and oxygen atoms in total. The number of hydrogen-bond donors (Lipinski definition) is 2. The molecular weight excluding hydrogens is 236 g/mol. The smallest absolute Gasteiger partial charge is 0.240 e. The van der Waals surface area contributed by atoms with Crippen molar-refractivity contribution in [3.05, 3.63) is 0 Å². The minimum absolute atomic E-state index is 0.00260. The lowest BCUT2D eigenvalue weighted by Gasteiger charge is -2.31. The highest BCUT2D eigenvalue weighted by atomic mass is 16.5. The zero-order valence-corrected chi connectivity index (χ0v) is 11.4. The second-order valence-electron chi connectivity index (χ2n) is 4.68. The Morgan fingerprint density at radius 2 is 2.22 bits per heavy atom. The first-order valence-corrected chi connectivity index (χ1v) is 6.30. The van der Waals surface area contributed by atoms with Crippen LogP contribution in [-0.4, -0.2) is 74.6 Å². The van der Waals surface area contributed by atoms with Gasteiger partial charge in [0.1, 0.15) is 0 Å². The molecule has 1 rings (SSSR count). The lowest BCUT2D eigenvalue weighted by Crippen LogP contribution is -2.50. The van der Waals surface area contributed by atoms with Crippen LogP contribution in [0.3, 0.4) is 0 Å². The normalized spacial score (nSPS) is 25.1. The zero-order chi connectivity index (χ0) is 13.5. The lowest BCUT2D eigenvalue weighted by molar-refractivity contribution is -0.137. The van der Waals surface area contributed by atoms with E-state index in [1.54, 1.807) is 19.1 Å². The van der Waals surface area contributed by atoms with Gasteiger partial charge in [0.15, 0.2) is 0 Å². The Labute approximate surface area is 108 Å². The van der Waals surface area contributed by atoms with Crippen molar-refractivity contribution in [3.63, 3.8) is 0 Å². The molecule has 0 aliphatic carbocycles. The monoisotopic (exact) mass is 260 g/mol. The minimum Gasteiger partial charge on any atom is -0.392 e. The van der Waals surface area contributed by atoms with Crippen molar-refractivity contribution in [1.82, 2.24) is 10.2 Å². The van der Waals surface area contributed by atoms with E-state index in [0.717, 1.165) is 0 Å². The van der Waals surface area contributed by atoms with E-state index in [9.17, 15) is 9.90 Å². The molecule has 0 bridgehead atoms. The van der Waals surface area contributed by atoms with E-state index in [1.807, 2.05) is 6.92 Å². The number of amides is 1. The number of methoxy groups -OCH3 is 2. The summed E-state index contributed by atoms with van der Waals surface area (Å²) in [7, 11) is 3.23. The number of nitrogens with zero attached hydrogens (tertiary/aromatic N) is 1. The first kappa shape index (κ1) is 15.4. The van der Waals surface area contributed by atoms with E-state index in [4.69, 9.17) is 9.47 Å². The Kier molecular flexibility index (Phi) is 6.56. The second-order valence-corrected chi connectivity index (χ2v) is 4.68. The summed E-state index contributed by atoms with van der Waals surface area (Å²) in [6, 6.07) is -0.298. The van der Waals surface area contributed by atoms with Crippen LogP contribution in [0, 0.1) is 0 Å². The van der Waals surface area contributed by atoms with Gasteiger partial charge in [-0.25, -0.2) is 0 Å². The molecule has 0 spiro atoms. The Morgan fingerprint density at radius 1 is 1.50 bits per heavy atom. The quantitative estimate of drug-likeness (QED) is 0.628. The largest absolute Gasteiger partial charge is 0.392 e. The van der Waals surface area contributed by atoms with E-state index in [-0.39, 0.29) is 18.0 Å². The summed E-state index contributed by atoms with van der Waals surface area (Å²) >= 11 is 0. The van der Waals surface area contributed by atoms with Crippen LogP contribution in [-0.2, 0) is 14.3 Å². The molecule has 3 atom stereocenters. The fourth-order valence-electron chi connectivity index (χ4n) is 2.17. The Morgan fingerprint density at radius 3 is 2.72 bits per heavy atom. The number of ether oxygens (including phenoxy) is 2. The molecule has 1 aliphatic rings. The molecular formula is C12H24N2O4. The molecule has 3 unspecified atom stereocenters. The van der Waals surface area contributed by atoms with E-state index in [1.165, 1.54) is 0 Å². The molecule has 18 heavy (non-hydrogen) atoms. The van der Waals surface area contributed by atoms with Crippen molar-refractivity contribution in [1.29, 1.82) is 0 Å². The van der Waals surface area contributed by atoms with Crippen LogP contribution in [0.5, 0.6) is 0 Å². The molecule has 0 aromatic carbocycles. The molecule has 1 aliphatic heterocycles. The van der Waals surface area contributed by atoms with Crippen LogP contribution in [0.4, 0.5) is 0 Å². The molecule has 0 saturated carbocycles. The number of carbonyl (C=O) groups is 1. The molecule has 0 aromatic heterocycles. The summed E-state index contributed by atoms with van der Waals surface area (Å²) in [5, 5.41) is 12.5. The van der Waals surface area contributed by atoms with Crippen molar-refractivity contribution >= 4 is 5.91 Å². The van der Waals surface area contributed by atoms with Gasteiger partial charge in [-0.3, -0.25) is 4.79 Å². The van der Waals surface area contributed by atoms with Gasteiger partial charge in [-0.1, -0.05) is 0 Å². The maximum atomic E-state index is 12.4. The van der Waals surface area contributed by atoms with Gasteiger partial charge in [0.25, 0.3) is 0 Å². The van der Waals surface area contributed by atoms with Crippen molar-refractivity contribution in [2.75, 3.05) is 40.5 Å². The molecule has 6 heteroatoms. The van der Waals surface area contributed by atoms with E-state index in [2.05, 4.69) is 5.32 Å². The van der Waals surface area contributed by atoms with Crippen LogP contribution in [0.2, 0.25) is 0 Å². The average molecular weight is 260 g/mol. The third-order valence-corrected chi connectivity index (χ3v) is 3.17. The lowest BCUT2D eigenvalue weighted by atomic mass is 10.1. The number of aliphatic hydroxyl groups excluding tert-OH is 1. The topological polar surface area (TPSA) is 71.0 Å². The first-order valence-electron chi connectivity index (χ1n) is 6.30. The fraction of sp³-hybridized carbons (Fsp3) is 0.917. The predicted octanol–water partition coefficient (Wildman–Crippen LogP) is -0.781. The van der Waals surface area contributed by atoms with Gasteiger partial charge in [0, 0.05) is 27.3 Å².